The number of rotatable bonds is 4. The van der Waals surface area contributed by atoms with Crippen LogP contribution in [0.2, 0.25) is 0 Å². The Morgan fingerprint density at radius 2 is 2.14 bits per heavy atom. The highest BCUT2D eigenvalue weighted by Gasteiger charge is 2.24. The molecule has 1 aliphatic heterocycles. The molecule has 4 nitrogen and oxygen atoms in total. The molecule has 3 rings (SSSR count). The molecule has 1 aliphatic rings. The molecule has 0 aliphatic carbocycles. The van der Waals surface area contributed by atoms with Gasteiger partial charge in [-0.2, -0.15) is 0 Å². The van der Waals surface area contributed by atoms with Gasteiger partial charge in [0.25, 0.3) is 0 Å². The minimum absolute atomic E-state index is 0.0628. The Bertz CT molecular complexity index is 677. The predicted octanol–water partition coefficient (Wildman–Crippen LogP) is 2.94. The second-order valence-corrected chi connectivity index (χ2v) is 4.68. The molecule has 0 amide bonds. The van der Waals surface area contributed by atoms with E-state index in [1.165, 1.54) is 6.07 Å². The summed E-state index contributed by atoms with van der Waals surface area (Å²) in [6, 6.07) is 8.49. The van der Waals surface area contributed by atoms with E-state index in [4.69, 9.17) is 9.47 Å². The Morgan fingerprint density at radius 1 is 1.23 bits per heavy atom. The first-order chi connectivity index (χ1) is 10.7. The summed E-state index contributed by atoms with van der Waals surface area (Å²) in [5.74, 6) is -1.000. The van der Waals surface area contributed by atoms with Gasteiger partial charge in [-0.25, -0.2) is 8.78 Å². The summed E-state index contributed by atoms with van der Waals surface area (Å²) in [5, 5.41) is 3.05. The van der Waals surface area contributed by atoms with Crippen LogP contribution in [0.1, 0.15) is 11.8 Å². The van der Waals surface area contributed by atoms with E-state index in [2.05, 4.69) is 10.3 Å². The second kappa shape index (κ2) is 6.43. The summed E-state index contributed by atoms with van der Waals surface area (Å²) in [4.78, 5) is 4.23. The van der Waals surface area contributed by atoms with Crippen molar-refractivity contribution in [2.24, 2.45) is 0 Å². The van der Waals surface area contributed by atoms with E-state index in [1.807, 2.05) is 0 Å². The maximum absolute atomic E-state index is 13.8. The highest BCUT2D eigenvalue weighted by Crippen LogP contribution is 2.30. The molecule has 0 unspecified atom stereocenters. The zero-order valence-electron chi connectivity index (χ0n) is 11.6. The molecule has 0 saturated heterocycles. The van der Waals surface area contributed by atoms with Gasteiger partial charge in [-0.1, -0.05) is 6.07 Å². The fraction of sp³-hybridized carbons (Fsp3) is 0.188. The summed E-state index contributed by atoms with van der Waals surface area (Å²) < 4.78 is 38.1. The highest BCUT2D eigenvalue weighted by atomic mass is 19.1. The van der Waals surface area contributed by atoms with Gasteiger partial charge in [0.05, 0.1) is 5.69 Å². The number of nitrogens with zero attached hydrogens (tertiary/aromatic N) is 1. The molecule has 6 heteroatoms. The topological polar surface area (TPSA) is 43.4 Å². The normalized spacial score (nSPS) is 15.3. The number of benzene rings is 1. The zero-order valence-corrected chi connectivity index (χ0v) is 11.6. The number of ether oxygens (including phenoxy) is 2. The Labute approximate surface area is 126 Å². The van der Waals surface area contributed by atoms with Gasteiger partial charge < -0.3 is 14.8 Å². The van der Waals surface area contributed by atoms with Gasteiger partial charge in [-0.3, -0.25) is 4.98 Å². The van der Waals surface area contributed by atoms with Crippen molar-refractivity contribution in [3.63, 3.8) is 0 Å². The van der Waals surface area contributed by atoms with E-state index >= 15 is 0 Å². The first kappa shape index (κ1) is 14.3. The molecule has 1 atom stereocenters. The van der Waals surface area contributed by atoms with Crippen molar-refractivity contribution in [1.82, 2.24) is 10.3 Å². The number of aromatic nitrogens is 1. The lowest BCUT2D eigenvalue weighted by Gasteiger charge is -2.24. The van der Waals surface area contributed by atoms with Crippen LogP contribution in [0.3, 0.4) is 0 Å². The maximum atomic E-state index is 13.8. The number of hydrogen-bond donors (Lipinski definition) is 1. The van der Waals surface area contributed by atoms with E-state index in [0.29, 0.717) is 24.6 Å². The lowest BCUT2D eigenvalue weighted by molar-refractivity contribution is 0.103. The molecule has 0 radical (unpaired) electrons. The molecule has 0 bridgehead atoms. The molecule has 2 heterocycles. The van der Waals surface area contributed by atoms with Gasteiger partial charge in [0.2, 0.25) is 0 Å². The molecule has 1 aromatic heterocycles. The van der Waals surface area contributed by atoms with Gasteiger partial charge in [-0.05, 0) is 24.3 Å². The molecule has 0 fully saturated rings. The van der Waals surface area contributed by atoms with Crippen LogP contribution in [0.25, 0.3) is 0 Å². The third-order valence-corrected chi connectivity index (χ3v) is 3.11. The summed E-state index contributed by atoms with van der Waals surface area (Å²) in [6.45, 7) is 1.16. The number of nitrogens with one attached hydrogen (secondary N) is 1. The Kier molecular flexibility index (Phi) is 4.18. The number of halogens is 2. The molecule has 0 saturated carbocycles. The van der Waals surface area contributed by atoms with Crippen molar-refractivity contribution in [2.45, 2.75) is 6.10 Å². The van der Waals surface area contributed by atoms with Crippen LogP contribution in [0.15, 0.2) is 54.6 Å². The summed E-state index contributed by atoms with van der Waals surface area (Å²) in [6.07, 6.45) is 2.57. The zero-order chi connectivity index (χ0) is 15.4. The first-order valence-corrected chi connectivity index (χ1v) is 6.83. The second-order valence-electron chi connectivity index (χ2n) is 4.68. The Balaban J connectivity index is 1.93. The SMILES string of the molecule is Fc1ccc(O[C@@H](C2=CNCCO2)c2ccccn2)c(F)c1. The van der Waals surface area contributed by atoms with Crippen LogP contribution in [-0.2, 0) is 4.74 Å². The summed E-state index contributed by atoms with van der Waals surface area (Å²) in [7, 11) is 0. The van der Waals surface area contributed by atoms with Gasteiger partial charge in [-0.15, -0.1) is 0 Å². The van der Waals surface area contributed by atoms with Gasteiger partial charge in [0.15, 0.2) is 23.4 Å². The predicted molar refractivity (Wildman–Crippen MR) is 76.0 cm³/mol. The maximum Gasteiger partial charge on any atom is 0.199 e. The van der Waals surface area contributed by atoms with Crippen LogP contribution >= 0.6 is 0 Å². The average Bonchev–Trinajstić information content (AvgIpc) is 2.56. The average molecular weight is 304 g/mol. The van der Waals surface area contributed by atoms with Crippen LogP contribution in [0.5, 0.6) is 5.75 Å². The number of pyridine rings is 1. The standard InChI is InChI=1S/C16H14F2N2O2/c17-11-4-5-14(12(18)9-11)22-16(13-3-1-2-6-20-13)15-10-19-7-8-21-15/h1-6,9-10,16,19H,7-8H2/t16-/m1/s1. The van der Waals surface area contributed by atoms with E-state index in [-0.39, 0.29) is 5.75 Å². The quantitative estimate of drug-likeness (QED) is 0.943. The molecule has 1 aromatic carbocycles. The van der Waals surface area contributed by atoms with Gasteiger partial charge in [0.1, 0.15) is 12.4 Å². The van der Waals surface area contributed by atoms with Crippen molar-refractivity contribution in [2.75, 3.05) is 13.2 Å². The van der Waals surface area contributed by atoms with E-state index < -0.39 is 17.7 Å². The molecule has 1 N–H and O–H groups in total. The number of hydrogen-bond acceptors (Lipinski definition) is 4. The van der Waals surface area contributed by atoms with Crippen molar-refractivity contribution in [3.8, 4) is 5.75 Å². The van der Waals surface area contributed by atoms with Crippen LogP contribution in [0.4, 0.5) is 8.78 Å². The van der Waals surface area contributed by atoms with E-state index in [1.54, 1.807) is 30.6 Å². The van der Waals surface area contributed by atoms with Crippen molar-refractivity contribution < 1.29 is 18.3 Å². The molecular formula is C16H14F2N2O2. The summed E-state index contributed by atoms with van der Waals surface area (Å²) >= 11 is 0. The largest absolute Gasteiger partial charge is 0.490 e. The van der Waals surface area contributed by atoms with Crippen molar-refractivity contribution in [1.29, 1.82) is 0 Å². The summed E-state index contributed by atoms with van der Waals surface area (Å²) in [5.41, 5.74) is 0.571. The van der Waals surface area contributed by atoms with Crippen LogP contribution < -0.4 is 10.1 Å². The van der Waals surface area contributed by atoms with Crippen LogP contribution in [0, 0.1) is 11.6 Å². The van der Waals surface area contributed by atoms with E-state index in [9.17, 15) is 8.78 Å². The fourth-order valence-electron chi connectivity index (χ4n) is 2.09. The lowest BCUT2D eigenvalue weighted by Crippen LogP contribution is -2.25. The molecule has 2 aromatic rings. The van der Waals surface area contributed by atoms with Gasteiger partial charge >= 0.3 is 0 Å². The molecular weight excluding hydrogens is 290 g/mol. The molecule has 0 spiro atoms. The van der Waals surface area contributed by atoms with Crippen molar-refractivity contribution >= 4 is 0 Å². The molecule has 22 heavy (non-hydrogen) atoms. The first-order valence-electron chi connectivity index (χ1n) is 6.83. The van der Waals surface area contributed by atoms with E-state index in [0.717, 1.165) is 12.1 Å². The fourth-order valence-corrected chi connectivity index (χ4v) is 2.09. The third kappa shape index (κ3) is 3.16. The smallest absolute Gasteiger partial charge is 0.199 e. The van der Waals surface area contributed by atoms with Crippen molar-refractivity contribution in [3.05, 3.63) is 71.9 Å². The minimum Gasteiger partial charge on any atom is -0.490 e. The molecule has 114 valence electrons. The van der Waals surface area contributed by atoms with Gasteiger partial charge in [0, 0.05) is 25.0 Å². The third-order valence-electron chi connectivity index (χ3n) is 3.11. The lowest BCUT2D eigenvalue weighted by atomic mass is 10.2. The Morgan fingerprint density at radius 3 is 2.82 bits per heavy atom. The van der Waals surface area contributed by atoms with Crippen LogP contribution in [-0.4, -0.2) is 18.1 Å². The Hall–Kier alpha value is -2.63. The minimum atomic E-state index is -0.773. The highest BCUT2D eigenvalue weighted by molar-refractivity contribution is 5.28. The monoisotopic (exact) mass is 304 g/mol.